The lowest BCUT2D eigenvalue weighted by Crippen LogP contribution is -2.43. The lowest BCUT2D eigenvalue weighted by atomic mass is 9.95. The van der Waals surface area contributed by atoms with E-state index in [1.807, 2.05) is 6.92 Å². The van der Waals surface area contributed by atoms with Gasteiger partial charge in [0.2, 0.25) is 0 Å². The molecule has 4 nitrogen and oxygen atoms in total. The molecule has 0 aliphatic carbocycles. The summed E-state index contributed by atoms with van der Waals surface area (Å²) in [6.07, 6.45) is -4.83. The van der Waals surface area contributed by atoms with E-state index in [1.54, 1.807) is 24.3 Å². The highest BCUT2D eigenvalue weighted by Crippen LogP contribution is 2.40. The smallest absolute Gasteiger partial charge is 0.365 e. The fraction of sp³-hybridized carbons (Fsp3) is 0.263. The molecule has 0 radical (unpaired) electrons. The van der Waals surface area contributed by atoms with Crippen LogP contribution in [-0.2, 0) is 12.1 Å². The highest BCUT2D eigenvalue weighted by atomic mass is 79.9. The van der Waals surface area contributed by atoms with Gasteiger partial charge in [-0.2, -0.15) is 23.3 Å². The van der Waals surface area contributed by atoms with Gasteiger partial charge in [0, 0.05) is 15.6 Å². The van der Waals surface area contributed by atoms with E-state index in [0.29, 0.717) is 9.48 Å². The van der Waals surface area contributed by atoms with Crippen molar-refractivity contribution in [3.05, 3.63) is 69.7 Å². The molecule has 0 saturated heterocycles. The predicted molar refractivity (Wildman–Crippen MR) is 98.1 cm³/mol. The van der Waals surface area contributed by atoms with E-state index in [4.69, 9.17) is 0 Å². The van der Waals surface area contributed by atoms with E-state index in [2.05, 4.69) is 21.0 Å². The maximum Gasteiger partial charge on any atom is 0.431 e. The maximum absolute atomic E-state index is 13.2. The first-order valence-corrected chi connectivity index (χ1v) is 9.01. The zero-order valence-electron chi connectivity index (χ0n) is 14.3. The molecule has 27 heavy (non-hydrogen) atoms. The number of amides is 1. The summed E-state index contributed by atoms with van der Waals surface area (Å²) in [6.45, 7) is 1.94. The average molecular weight is 441 g/mol. The second kappa shape index (κ2) is 7.09. The number of carbonyl (C=O) groups is 1. The number of aliphatic hydroxyl groups is 1. The average Bonchev–Trinajstić information content (AvgIpc) is 3.01. The van der Waals surface area contributed by atoms with Crippen molar-refractivity contribution < 1.29 is 23.1 Å². The molecule has 1 atom stereocenters. The molecule has 0 bridgehead atoms. The van der Waals surface area contributed by atoms with Gasteiger partial charge in [-0.05, 0) is 36.2 Å². The summed E-state index contributed by atoms with van der Waals surface area (Å²) in [7, 11) is 0. The highest BCUT2D eigenvalue weighted by Gasteiger charge is 2.53. The maximum atomic E-state index is 13.2. The number of rotatable bonds is 3. The van der Waals surface area contributed by atoms with Crippen LogP contribution in [0.25, 0.3) is 0 Å². The SMILES string of the molecule is CCc1ccc([C@]2(O)CC(C(F)(F)F)=NN2C(=O)c2ccc(Br)cc2)cc1. The van der Waals surface area contributed by atoms with E-state index < -0.39 is 29.9 Å². The van der Waals surface area contributed by atoms with E-state index in [9.17, 15) is 23.1 Å². The van der Waals surface area contributed by atoms with Gasteiger partial charge in [0.1, 0.15) is 5.71 Å². The van der Waals surface area contributed by atoms with Crippen LogP contribution in [-0.4, -0.2) is 27.9 Å². The van der Waals surface area contributed by atoms with Gasteiger partial charge < -0.3 is 5.11 Å². The molecule has 1 amide bonds. The predicted octanol–water partition coefficient (Wildman–Crippen LogP) is 4.62. The Balaban J connectivity index is 2.05. The Morgan fingerprint density at radius 3 is 2.30 bits per heavy atom. The Morgan fingerprint density at radius 1 is 1.19 bits per heavy atom. The molecule has 142 valence electrons. The number of nitrogens with zero attached hydrogens (tertiary/aromatic N) is 2. The van der Waals surface area contributed by atoms with Crippen LogP contribution < -0.4 is 0 Å². The number of aryl methyl sites for hydroxylation is 1. The largest absolute Gasteiger partial charge is 0.431 e. The first-order chi connectivity index (χ1) is 12.6. The number of halogens is 4. The lowest BCUT2D eigenvalue weighted by molar-refractivity contribution is -0.0816. The van der Waals surface area contributed by atoms with Gasteiger partial charge in [-0.15, -0.1) is 0 Å². The van der Waals surface area contributed by atoms with Crippen molar-refractivity contribution in [1.29, 1.82) is 0 Å². The monoisotopic (exact) mass is 440 g/mol. The Kier molecular flexibility index (Phi) is 5.14. The van der Waals surface area contributed by atoms with Crippen LogP contribution in [0.5, 0.6) is 0 Å². The molecule has 3 rings (SSSR count). The van der Waals surface area contributed by atoms with Crippen LogP contribution in [0.3, 0.4) is 0 Å². The summed E-state index contributed by atoms with van der Waals surface area (Å²) < 4.78 is 40.4. The van der Waals surface area contributed by atoms with Crippen molar-refractivity contribution in [3.8, 4) is 0 Å². The van der Waals surface area contributed by atoms with Gasteiger partial charge in [0.15, 0.2) is 5.72 Å². The highest BCUT2D eigenvalue weighted by molar-refractivity contribution is 9.10. The standard InChI is InChI=1S/C19H16BrF3N2O2/c1-2-12-3-7-14(8-4-12)18(27)11-16(19(21,22)23)24-25(18)17(26)13-5-9-15(20)10-6-13/h3-10,27H,2,11H2,1H3/t18-/m1/s1. The molecule has 1 N–H and O–H groups in total. The molecular weight excluding hydrogens is 425 g/mol. The number of benzene rings is 2. The van der Waals surface area contributed by atoms with Gasteiger partial charge in [0.25, 0.3) is 5.91 Å². The minimum atomic E-state index is -4.74. The van der Waals surface area contributed by atoms with Crippen molar-refractivity contribution in [2.75, 3.05) is 0 Å². The van der Waals surface area contributed by atoms with Gasteiger partial charge in [-0.1, -0.05) is 47.1 Å². The normalized spacial score (nSPS) is 19.9. The number of hydrogen-bond donors (Lipinski definition) is 1. The zero-order chi connectivity index (χ0) is 19.8. The summed E-state index contributed by atoms with van der Waals surface area (Å²) >= 11 is 3.24. The molecule has 1 aliphatic rings. The third-order valence-corrected chi connectivity index (χ3v) is 4.95. The number of hydrogen-bond acceptors (Lipinski definition) is 3. The van der Waals surface area contributed by atoms with E-state index in [-0.39, 0.29) is 11.1 Å². The van der Waals surface area contributed by atoms with Crippen LogP contribution in [0.2, 0.25) is 0 Å². The first kappa shape index (κ1) is 19.6. The number of carbonyl (C=O) groups excluding carboxylic acids is 1. The van der Waals surface area contributed by atoms with Crippen molar-refractivity contribution in [3.63, 3.8) is 0 Å². The van der Waals surface area contributed by atoms with Crippen LogP contribution in [0.15, 0.2) is 58.1 Å². The van der Waals surface area contributed by atoms with Crippen molar-refractivity contribution in [1.82, 2.24) is 5.01 Å². The van der Waals surface area contributed by atoms with Crippen molar-refractivity contribution in [2.24, 2.45) is 5.10 Å². The van der Waals surface area contributed by atoms with Crippen LogP contribution >= 0.6 is 15.9 Å². The lowest BCUT2D eigenvalue weighted by Gasteiger charge is -2.31. The molecule has 2 aromatic rings. The molecule has 1 aliphatic heterocycles. The van der Waals surface area contributed by atoms with E-state index >= 15 is 0 Å². The van der Waals surface area contributed by atoms with Crippen molar-refractivity contribution >= 4 is 27.5 Å². The molecule has 0 saturated carbocycles. The Hall–Kier alpha value is -2.19. The summed E-state index contributed by atoms with van der Waals surface area (Å²) in [5, 5.41) is 15.1. The Morgan fingerprint density at radius 2 is 1.78 bits per heavy atom. The summed E-state index contributed by atoms with van der Waals surface area (Å²) in [5.41, 5.74) is -2.15. The molecule has 0 aromatic heterocycles. The van der Waals surface area contributed by atoms with Crippen LogP contribution in [0, 0.1) is 0 Å². The summed E-state index contributed by atoms with van der Waals surface area (Å²) in [6, 6.07) is 12.6. The fourth-order valence-electron chi connectivity index (χ4n) is 2.86. The Bertz CT molecular complexity index is 879. The third-order valence-electron chi connectivity index (χ3n) is 4.42. The summed E-state index contributed by atoms with van der Waals surface area (Å²) in [5.74, 6) is -0.816. The summed E-state index contributed by atoms with van der Waals surface area (Å²) in [4.78, 5) is 12.8. The van der Waals surface area contributed by atoms with Crippen LogP contribution in [0.1, 0.15) is 34.8 Å². The topological polar surface area (TPSA) is 52.9 Å². The molecule has 0 spiro atoms. The molecule has 0 fully saturated rings. The second-order valence-corrected chi connectivity index (χ2v) is 7.13. The number of alkyl halides is 3. The van der Waals surface area contributed by atoms with Gasteiger partial charge >= 0.3 is 6.18 Å². The molecule has 0 unspecified atom stereocenters. The molecule has 1 heterocycles. The first-order valence-electron chi connectivity index (χ1n) is 8.21. The zero-order valence-corrected chi connectivity index (χ0v) is 15.9. The second-order valence-electron chi connectivity index (χ2n) is 6.21. The minimum Gasteiger partial charge on any atom is -0.365 e. The number of hydrazone groups is 1. The minimum absolute atomic E-state index is 0.119. The van der Waals surface area contributed by atoms with E-state index in [1.165, 1.54) is 24.3 Å². The van der Waals surface area contributed by atoms with Crippen LogP contribution in [0.4, 0.5) is 13.2 Å². The molecule has 2 aromatic carbocycles. The molecular formula is C19H16BrF3N2O2. The molecule has 8 heteroatoms. The third kappa shape index (κ3) is 3.77. The Labute approximate surface area is 162 Å². The van der Waals surface area contributed by atoms with Gasteiger partial charge in [0.05, 0.1) is 6.42 Å². The fourth-order valence-corrected chi connectivity index (χ4v) is 3.13. The van der Waals surface area contributed by atoms with E-state index in [0.717, 1.165) is 12.0 Å². The van der Waals surface area contributed by atoms with Gasteiger partial charge in [-0.25, -0.2) is 0 Å². The van der Waals surface area contributed by atoms with Gasteiger partial charge in [-0.3, -0.25) is 4.79 Å². The van der Waals surface area contributed by atoms with Crippen molar-refractivity contribution in [2.45, 2.75) is 31.7 Å². The quantitative estimate of drug-likeness (QED) is 0.756.